The highest BCUT2D eigenvalue weighted by Gasteiger charge is 2.38. The van der Waals surface area contributed by atoms with Gasteiger partial charge in [-0.1, -0.05) is 17.7 Å². The van der Waals surface area contributed by atoms with Gasteiger partial charge in [0.15, 0.2) is 0 Å². The molecule has 0 N–H and O–H groups in total. The number of hydrogen-bond donors (Lipinski definition) is 0. The van der Waals surface area contributed by atoms with Crippen molar-refractivity contribution in [1.29, 1.82) is 0 Å². The van der Waals surface area contributed by atoms with Crippen molar-refractivity contribution in [3.8, 4) is 0 Å². The van der Waals surface area contributed by atoms with Crippen molar-refractivity contribution in [2.75, 3.05) is 11.4 Å². The Morgan fingerprint density at radius 3 is 2.13 bits per heavy atom. The van der Waals surface area contributed by atoms with E-state index in [0.717, 1.165) is 0 Å². The monoisotopic (exact) mass is 564 g/mol. The predicted molar refractivity (Wildman–Crippen MR) is 130 cm³/mol. The molecule has 0 aliphatic carbocycles. The second kappa shape index (κ2) is 11.0. The zero-order chi connectivity index (χ0) is 28.6. The summed E-state index contributed by atoms with van der Waals surface area (Å²) in [6, 6.07) is 3.75. The summed E-state index contributed by atoms with van der Waals surface area (Å²) in [7, 11) is 0. The van der Waals surface area contributed by atoms with Crippen LogP contribution in [0.25, 0.3) is 0 Å². The average molecular weight is 565 g/mol. The Kier molecular flexibility index (Phi) is 8.60. The maximum Gasteiger partial charge on any atom is 0.416 e. The SMILES string of the molecule is CC(=O)N(Cc1cc(C(F)(F)F)cc(C(F)(F)F)c1)[C@H]1CCCN(C(=O)OC(C)C)c2cc(Cl)c(C)cc21. The first-order chi connectivity index (χ1) is 17.5. The number of nitrogens with zero attached hydrogens (tertiary/aromatic N) is 2. The molecular weight excluding hydrogens is 538 g/mol. The van der Waals surface area contributed by atoms with Crippen molar-refractivity contribution < 1.29 is 40.7 Å². The Morgan fingerprint density at radius 1 is 1.05 bits per heavy atom. The van der Waals surface area contributed by atoms with E-state index in [4.69, 9.17) is 16.3 Å². The van der Waals surface area contributed by atoms with Gasteiger partial charge in [0.2, 0.25) is 5.91 Å². The zero-order valence-corrected chi connectivity index (χ0v) is 21.9. The summed E-state index contributed by atoms with van der Waals surface area (Å²) in [5, 5.41) is 0.341. The number of ether oxygens (including phenoxy) is 1. The summed E-state index contributed by atoms with van der Waals surface area (Å²) in [5.41, 5.74) is -1.77. The minimum Gasteiger partial charge on any atom is -0.446 e. The highest BCUT2D eigenvalue weighted by Crippen LogP contribution is 2.42. The number of carbonyl (C=O) groups excluding carboxylic acids is 2. The van der Waals surface area contributed by atoms with E-state index in [1.165, 1.54) is 16.7 Å². The first-order valence-corrected chi connectivity index (χ1v) is 12.2. The number of benzene rings is 2. The molecule has 0 saturated heterocycles. The summed E-state index contributed by atoms with van der Waals surface area (Å²) in [6.07, 6.45) is -10.4. The van der Waals surface area contributed by atoms with Gasteiger partial charge in [-0.25, -0.2) is 4.79 Å². The van der Waals surface area contributed by atoms with E-state index in [-0.39, 0.29) is 18.2 Å². The second-order valence-corrected chi connectivity index (χ2v) is 9.87. The molecule has 0 radical (unpaired) electrons. The molecule has 3 rings (SSSR count). The van der Waals surface area contributed by atoms with Gasteiger partial charge >= 0.3 is 18.4 Å². The summed E-state index contributed by atoms with van der Waals surface area (Å²) in [6.45, 7) is 5.97. The van der Waals surface area contributed by atoms with Crippen LogP contribution in [0.2, 0.25) is 5.02 Å². The van der Waals surface area contributed by atoms with E-state index in [1.807, 2.05) is 0 Å². The smallest absolute Gasteiger partial charge is 0.416 e. The van der Waals surface area contributed by atoms with Crippen LogP contribution in [0.1, 0.15) is 67.5 Å². The third kappa shape index (κ3) is 6.73. The lowest BCUT2D eigenvalue weighted by molar-refractivity contribution is -0.143. The molecule has 1 aliphatic rings. The molecule has 1 heterocycles. The lowest BCUT2D eigenvalue weighted by atomic mass is 9.96. The molecule has 12 heteroatoms. The van der Waals surface area contributed by atoms with Crippen LogP contribution in [0.3, 0.4) is 0 Å². The van der Waals surface area contributed by atoms with Crippen LogP contribution >= 0.6 is 11.6 Å². The Morgan fingerprint density at radius 2 is 1.63 bits per heavy atom. The van der Waals surface area contributed by atoms with E-state index in [2.05, 4.69) is 0 Å². The number of amides is 2. The third-order valence-electron chi connectivity index (χ3n) is 6.15. The zero-order valence-electron chi connectivity index (χ0n) is 21.1. The Labute approximate surface area is 221 Å². The highest BCUT2D eigenvalue weighted by atomic mass is 35.5. The lowest BCUT2D eigenvalue weighted by Gasteiger charge is -2.33. The van der Waals surface area contributed by atoms with Crippen LogP contribution in [0.4, 0.5) is 36.8 Å². The number of hydrogen-bond acceptors (Lipinski definition) is 3. The van der Waals surface area contributed by atoms with Gasteiger partial charge in [-0.2, -0.15) is 26.3 Å². The van der Waals surface area contributed by atoms with E-state index in [9.17, 15) is 35.9 Å². The van der Waals surface area contributed by atoms with Crippen LogP contribution in [0.5, 0.6) is 0 Å². The van der Waals surface area contributed by atoms with E-state index >= 15 is 0 Å². The standard InChI is InChI=1S/C26H27ClF6N2O3/c1-14(2)38-24(37)34-7-5-6-22(20-8-15(3)21(27)12-23(20)34)35(16(4)36)13-17-9-18(25(28,29)30)11-19(10-17)26(31,32)33/h8-12,14,22H,5-7,13H2,1-4H3/t22-/m0/s1. The molecule has 1 aliphatic heterocycles. The van der Waals surface area contributed by atoms with Gasteiger partial charge in [0.25, 0.3) is 0 Å². The number of carbonyl (C=O) groups is 2. The van der Waals surface area contributed by atoms with Gasteiger partial charge in [0.05, 0.1) is 29.0 Å². The number of fused-ring (bicyclic) bond motifs is 1. The largest absolute Gasteiger partial charge is 0.446 e. The summed E-state index contributed by atoms with van der Waals surface area (Å²) in [4.78, 5) is 28.2. The van der Waals surface area contributed by atoms with Crippen molar-refractivity contribution in [1.82, 2.24) is 4.90 Å². The first-order valence-electron chi connectivity index (χ1n) is 11.8. The number of aryl methyl sites for hydroxylation is 1. The fourth-order valence-corrected chi connectivity index (χ4v) is 4.60. The summed E-state index contributed by atoms with van der Waals surface area (Å²) in [5.74, 6) is -0.558. The Bertz CT molecular complexity index is 1180. The van der Waals surface area contributed by atoms with Gasteiger partial charge in [-0.15, -0.1) is 0 Å². The average Bonchev–Trinajstić information content (AvgIpc) is 2.95. The van der Waals surface area contributed by atoms with Crippen molar-refractivity contribution in [3.05, 3.63) is 63.2 Å². The van der Waals surface area contributed by atoms with Crippen molar-refractivity contribution >= 4 is 29.3 Å². The van der Waals surface area contributed by atoms with Gasteiger partial charge in [0.1, 0.15) is 0 Å². The molecule has 38 heavy (non-hydrogen) atoms. The van der Waals surface area contributed by atoms with E-state index in [1.54, 1.807) is 32.9 Å². The Hall–Kier alpha value is -2.95. The number of halogens is 7. The van der Waals surface area contributed by atoms with Crippen LogP contribution in [-0.4, -0.2) is 29.5 Å². The fourth-order valence-electron chi connectivity index (χ4n) is 4.44. The molecule has 1 atom stereocenters. The third-order valence-corrected chi connectivity index (χ3v) is 6.56. The van der Waals surface area contributed by atoms with Crippen molar-refractivity contribution in [3.63, 3.8) is 0 Å². The minimum absolute atomic E-state index is 0.0477. The predicted octanol–water partition coefficient (Wildman–Crippen LogP) is 7.92. The normalized spacial score (nSPS) is 16.2. The topological polar surface area (TPSA) is 49.9 Å². The van der Waals surface area contributed by atoms with Crippen molar-refractivity contribution in [2.45, 2.75) is 71.6 Å². The summed E-state index contributed by atoms with van der Waals surface area (Å²) < 4.78 is 85.9. The number of alkyl halides is 6. The Balaban J connectivity index is 2.12. The minimum atomic E-state index is -5.02. The molecule has 0 unspecified atom stereocenters. The fraction of sp³-hybridized carbons (Fsp3) is 0.462. The maximum absolute atomic E-state index is 13.4. The molecule has 0 fully saturated rings. The van der Waals surface area contributed by atoms with Crippen LogP contribution < -0.4 is 4.90 Å². The summed E-state index contributed by atoms with van der Waals surface area (Å²) >= 11 is 6.34. The molecule has 0 saturated carbocycles. The van der Waals surface area contributed by atoms with E-state index < -0.39 is 54.2 Å². The molecule has 208 valence electrons. The van der Waals surface area contributed by atoms with Crippen LogP contribution in [-0.2, 0) is 28.4 Å². The molecule has 0 aromatic heterocycles. The molecule has 2 amide bonds. The van der Waals surface area contributed by atoms with Gasteiger partial charge < -0.3 is 9.64 Å². The quantitative estimate of drug-likeness (QED) is 0.354. The molecule has 0 spiro atoms. The van der Waals surface area contributed by atoms with Gasteiger partial charge in [-0.05, 0) is 74.6 Å². The van der Waals surface area contributed by atoms with E-state index in [0.29, 0.717) is 46.8 Å². The van der Waals surface area contributed by atoms with Gasteiger partial charge in [-0.3, -0.25) is 9.69 Å². The second-order valence-electron chi connectivity index (χ2n) is 9.46. The molecule has 0 bridgehead atoms. The van der Waals surface area contributed by atoms with Crippen LogP contribution in [0.15, 0.2) is 30.3 Å². The molecule has 5 nitrogen and oxygen atoms in total. The van der Waals surface area contributed by atoms with Crippen molar-refractivity contribution in [2.24, 2.45) is 0 Å². The molecule has 2 aromatic rings. The van der Waals surface area contributed by atoms with Gasteiger partial charge in [0, 0.05) is 25.0 Å². The van der Waals surface area contributed by atoms with Crippen LogP contribution in [0, 0.1) is 6.92 Å². The highest BCUT2D eigenvalue weighted by molar-refractivity contribution is 6.31. The maximum atomic E-state index is 13.4. The number of rotatable bonds is 4. The first kappa shape index (κ1) is 29.6. The number of anilines is 1. The molecule has 2 aromatic carbocycles. The molecular formula is C26H27ClF6N2O3. The lowest BCUT2D eigenvalue weighted by Crippen LogP contribution is -2.35.